The van der Waals surface area contributed by atoms with Crippen LogP contribution >= 0.6 is 0 Å². The SMILES string of the molecule is Cn1nc(N2CCC([C@@H]3CC[C@H](C(N)=O)O3)CC2)ccc1=O. The Hall–Kier alpha value is -1.89. The first-order valence-corrected chi connectivity index (χ1v) is 7.78. The van der Waals surface area contributed by atoms with Gasteiger partial charge in [-0.2, -0.15) is 5.10 Å². The van der Waals surface area contributed by atoms with Gasteiger partial charge in [-0.25, -0.2) is 4.68 Å². The van der Waals surface area contributed by atoms with E-state index < -0.39 is 6.10 Å². The topological polar surface area (TPSA) is 90.5 Å². The van der Waals surface area contributed by atoms with E-state index in [0.29, 0.717) is 5.92 Å². The molecular weight excluding hydrogens is 284 g/mol. The molecule has 2 saturated heterocycles. The van der Waals surface area contributed by atoms with Crippen LogP contribution in [0.2, 0.25) is 0 Å². The van der Waals surface area contributed by atoms with E-state index in [-0.39, 0.29) is 17.6 Å². The van der Waals surface area contributed by atoms with Crippen LogP contribution in [0.15, 0.2) is 16.9 Å². The second-order valence-corrected chi connectivity index (χ2v) is 6.12. The van der Waals surface area contributed by atoms with Gasteiger partial charge in [0, 0.05) is 26.2 Å². The Morgan fingerprint density at radius 3 is 2.59 bits per heavy atom. The highest BCUT2D eigenvalue weighted by atomic mass is 16.5. The predicted octanol–water partition coefficient (Wildman–Crippen LogP) is 0.0296. The fourth-order valence-corrected chi connectivity index (χ4v) is 3.38. The summed E-state index contributed by atoms with van der Waals surface area (Å²) in [6.07, 6.45) is 3.39. The third kappa shape index (κ3) is 2.99. The van der Waals surface area contributed by atoms with Gasteiger partial charge in [-0.15, -0.1) is 0 Å². The fourth-order valence-electron chi connectivity index (χ4n) is 3.38. The molecule has 0 aromatic carbocycles. The second-order valence-electron chi connectivity index (χ2n) is 6.12. The number of carbonyl (C=O) groups is 1. The smallest absolute Gasteiger partial charge is 0.266 e. The number of hydrogen-bond acceptors (Lipinski definition) is 5. The molecule has 2 aliphatic heterocycles. The maximum Gasteiger partial charge on any atom is 0.266 e. The zero-order valence-corrected chi connectivity index (χ0v) is 12.8. The standard InChI is InChI=1S/C15H22N4O3/c1-18-14(20)5-4-13(17-18)19-8-6-10(7-9-19)11-2-3-12(22-11)15(16)21/h4-5,10-12H,2-3,6-9H2,1H3,(H2,16,21)/t11-,12+/m0/s1. The Bertz CT molecular complexity index is 607. The molecule has 3 heterocycles. The van der Waals surface area contributed by atoms with E-state index in [9.17, 15) is 9.59 Å². The predicted molar refractivity (Wildman–Crippen MR) is 81.5 cm³/mol. The highest BCUT2D eigenvalue weighted by molar-refractivity contribution is 5.79. The van der Waals surface area contributed by atoms with Crippen molar-refractivity contribution in [3.8, 4) is 0 Å². The van der Waals surface area contributed by atoms with Crippen LogP contribution in [0.1, 0.15) is 25.7 Å². The first kappa shape index (κ1) is 15.0. The number of carbonyl (C=O) groups excluding carboxylic acids is 1. The minimum Gasteiger partial charge on any atom is -0.367 e. The van der Waals surface area contributed by atoms with E-state index in [1.54, 1.807) is 19.2 Å². The normalized spacial score (nSPS) is 26.3. The van der Waals surface area contributed by atoms with E-state index in [4.69, 9.17) is 10.5 Å². The zero-order valence-electron chi connectivity index (χ0n) is 12.8. The molecule has 1 aromatic heterocycles. The summed E-state index contributed by atoms with van der Waals surface area (Å²) >= 11 is 0. The first-order valence-electron chi connectivity index (χ1n) is 7.78. The first-order chi connectivity index (χ1) is 10.5. The van der Waals surface area contributed by atoms with E-state index in [2.05, 4.69) is 10.00 Å². The number of piperidine rings is 1. The molecule has 0 radical (unpaired) electrons. The number of nitrogens with two attached hydrogens (primary N) is 1. The summed E-state index contributed by atoms with van der Waals surface area (Å²) in [5.74, 6) is 0.949. The summed E-state index contributed by atoms with van der Waals surface area (Å²) < 4.78 is 7.14. The van der Waals surface area contributed by atoms with Gasteiger partial charge in [-0.1, -0.05) is 0 Å². The Balaban J connectivity index is 1.57. The third-order valence-corrected chi connectivity index (χ3v) is 4.71. The molecule has 2 fully saturated rings. The van der Waals surface area contributed by atoms with Crippen LogP contribution in [0, 0.1) is 5.92 Å². The Morgan fingerprint density at radius 1 is 1.27 bits per heavy atom. The molecule has 0 saturated carbocycles. The van der Waals surface area contributed by atoms with Gasteiger partial charge >= 0.3 is 0 Å². The lowest BCUT2D eigenvalue weighted by atomic mass is 9.90. The molecule has 22 heavy (non-hydrogen) atoms. The summed E-state index contributed by atoms with van der Waals surface area (Å²) in [4.78, 5) is 24.8. The Labute approximate surface area is 129 Å². The molecule has 2 N–H and O–H groups in total. The molecule has 2 atom stereocenters. The molecule has 0 bridgehead atoms. The number of rotatable bonds is 3. The quantitative estimate of drug-likeness (QED) is 0.851. The van der Waals surface area contributed by atoms with Crippen molar-refractivity contribution < 1.29 is 9.53 Å². The zero-order chi connectivity index (χ0) is 15.7. The van der Waals surface area contributed by atoms with Crippen molar-refractivity contribution in [3.63, 3.8) is 0 Å². The van der Waals surface area contributed by atoms with Crippen molar-refractivity contribution in [1.29, 1.82) is 0 Å². The second kappa shape index (κ2) is 6.08. The summed E-state index contributed by atoms with van der Waals surface area (Å²) in [6, 6.07) is 3.32. The summed E-state index contributed by atoms with van der Waals surface area (Å²) in [5.41, 5.74) is 5.20. The number of anilines is 1. The van der Waals surface area contributed by atoms with Gasteiger partial charge in [0.05, 0.1) is 6.10 Å². The lowest BCUT2D eigenvalue weighted by Crippen LogP contribution is -2.39. The molecule has 7 heteroatoms. The number of ether oxygens (including phenoxy) is 1. The van der Waals surface area contributed by atoms with E-state index in [1.165, 1.54) is 4.68 Å². The highest BCUT2D eigenvalue weighted by Gasteiger charge is 2.35. The van der Waals surface area contributed by atoms with Gasteiger partial charge in [0.15, 0.2) is 0 Å². The van der Waals surface area contributed by atoms with Gasteiger partial charge in [0.1, 0.15) is 11.9 Å². The maximum absolute atomic E-state index is 11.4. The average Bonchev–Trinajstić information content (AvgIpc) is 3.00. The number of aromatic nitrogens is 2. The van der Waals surface area contributed by atoms with Crippen molar-refractivity contribution >= 4 is 11.7 Å². The largest absolute Gasteiger partial charge is 0.367 e. The molecule has 3 rings (SSSR count). The highest BCUT2D eigenvalue weighted by Crippen LogP contribution is 2.32. The lowest BCUT2D eigenvalue weighted by Gasteiger charge is -2.35. The number of aryl methyl sites for hydroxylation is 1. The summed E-state index contributed by atoms with van der Waals surface area (Å²) in [7, 11) is 1.66. The van der Waals surface area contributed by atoms with Crippen LogP contribution in [-0.4, -0.2) is 41.0 Å². The van der Waals surface area contributed by atoms with Crippen molar-refractivity contribution in [2.45, 2.75) is 37.9 Å². The molecule has 1 aromatic rings. The molecule has 0 spiro atoms. The van der Waals surface area contributed by atoms with Gasteiger partial charge < -0.3 is 15.4 Å². The monoisotopic (exact) mass is 306 g/mol. The molecule has 7 nitrogen and oxygen atoms in total. The lowest BCUT2D eigenvalue weighted by molar-refractivity contribution is -0.130. The van der Waals surface area contributed by atoms with Gasteiger partial charge in [-0.05, 0) is 37.7 Å². The number of amides is 1. The van der Waals surface area contributed by atoms with Crippen LogP contribution in [-0.2, 0) is 16.6 Å². The van der Waals surface area contributed by atoms with Crippen LogP contribution < -0.4 is 16.2 Å². The van der Waals surface area contributed by atoms with E-state index in [1.807, 2.05) is 0 Å². The molecule has 1 amide bonds. The van der Waals surface area contributed by atoms with Crippen LogP contribution in [0.5, 0.6) is 0 Å². The van der Waals surface area contributed by atoms with Crippen molar-refractivity contribution in [2.75, 3.05) is 18.0 Å². The molecule has 2 aliphatic rings. The minimum atomic E-state index is -0.409. The van der Waals surface area contributed by atoms with Crippen LogP contribution in [0.3, 0.4) is 0 Å². The maximum atomic E-state index is 11.4. The Kier molecular flexibility index (Phi) is 4.15. The van der Waals surface area contributed by atoms with Gasteiger partial charge in [-0.3, -0.25) is 9.59 Å². The molecule has 0 unspecified atom stereocenters. The van der Waals surface area contributed by atoms with Gasteiger partial charge in [0.2, 0.25) is 5.91 Å². The average molecular weight is 306 g/mol. The van der Waals surface area contributed by atoms with Crippen molar-refractivity contribution in [1.82, 2.24) is 9.78 Å². The summed E-state index contributed by atoms with van der Waals surface area (Å²) in [6.45, 7) is 1.77. The molecular formula is C15H22N4O3. The van der Waals surface area contributed by atoms with Gasteiger partial charge in [0.25, 0.3) is 5.56 Å². The van der Waals surface area contributed by atoms with Crippen LogP contribution in [0.25, 0.3) is 0 Å². The number of primary amides is 1. The molecule has 0 aliphatic carbocycles. The molecule has 120 valence electrons. The minimum absolute atomic E-state index is 0.101. The number of hydrogen-bond donors (Lipinski definition) is 1. The van der Waals surface area contributed by atoms with Crippen molar-refractivity contribution in [3.05, 3.63) is 22.5 Å². The third-order valence-electron chi connectivity index (χ3n) is 4.71. The van der Waals surface area contributed by atoms with E-state index >= 15 is 0 Å². The number of nitrogens with zero attached hydrogens (tertiary/aromatic N) is 3. The van der Waals surface area contributed by atoms with Crippen LogP contribution in [0.4, 0.5) is 5.82 Å². The summed E-state index contributed by atoms with van der Waals surface area (Å²) in [5, 5.41) is 4.29. The van der Waals surface area contributed by atoms with E-state index in [0.717, 1.165) is 44.6 Å². The van der Waals surface area contributed by atoms with Crippen molar-refractivity contribution in [2.24, 2.45) is 18.7 Å². The Morgan fingerprint density at radius 2 is 2.00 bits per heavy atom. The fraction of sp³-hybridized carbons (Fsp3) is 0.667.